The topological polar surface area (TPSA) is 52.6 Å². The molecule has 0 aromatic carbocycles. The van der Waals surface area contributed by atoms with Gasteiger partial charge in [-0.1, -0.05) is 32.2 Å². The fourth-order valence-corrected chi connectivity index (χ4v) is 1.19. The van der Waals surface area contributed by atoms with E-state index in [2.05, 4.69) is 13.2 Å². The number of rotatable bonds is 9. The third kappa shape index (κ3) is 9.35. The molecule has 0 spiro atoms. The molecule has 0 heterocycles. The smallest absolute Gasteiger partial charge is 0.306 e. The van der Waals surface area contributed by atoms with Gasteiger partial charge in [0.25, 0.3) is 0 Å². The van der Waals surface area contributed by atoms with Crippen LogP contribution in [0, 0.1) is 5.92 Å². The summed E-state index contributed by atoms with van der Waals surface area (Å²) in [6, 6.07) is 0. The minimum Gasteiger partial charge on any atom is -0.461 e. The Morgan fingerprint density at radius 3 is 2.18 bits per heavy atom. The SMILES string of the molecule is C=CCOC(=O)CC[C@@H](C)CC(=O)OCC=C. The van der Waals surface area contributed by atoms with E-state index in [4.69, 9.17) is 9.47 Å². The number of ether oxygens (including phenoxy) is 2. The predicted octanol–water partition coefficient (Wildman–Crippen LogP) is 2.25. The third-order valence-electron chi connectivity index (χ3n) is 2.08. The molecule has 0 aromatic heterocycles. The summed E-state index contributed by atoms with van der Waals surface area (Å²) in [6.07, 6.45) is 4.27. The molecule has 0 amide bonds. The van der Waals surface area contributed by atoms with Crippen LogP contribution >= 0.6 is 0 Å². The van der Waals surface area contributed by atoms with E-state index in [1.807, 2.05) is 6.92 Å². The maximum atomic E-state index is 11.2. The van der Waals surface area contributed by atoms with Gasteiger partial charge < -0.3 is 9.47 Å². The van der Waals surface area contributed by atoms with E-state index in [0.717, 1.165) is 0 Å². The summed E-state index contributed by atoms with van der Waals surface area (Å²) in [4.78, 5) is 22.4. The second kappa shape index (κ2) is 9.63. The van der Waals surface area contributed by atoms with E-state index >= 15 is 0 Å². The van der Waals surface area contributed by atoms with Gasteiger partial charge in [-0.2, -0.15) is 0 Å². The maximum Gasteiger partial charge on any atom is 0.306 e. The van der Waals surface area contributed by atoms with Crippen LogP contribution in [-0.2, 0) is 19.1 Å². The van der Waals surface area contributed by atoms with Crippen LogP contribution in [0.15, 0.2) is 25.3 Å². The second-order valence-electron chi connectivity index (χ2n) is 3.79. The molecule has 0 unspecified atom stereocenters. The van der Waals surface area contributed by atoms with Crippen molar-refractivity contribution >= 4 is 11.9 Å². The molecule has 0 bridgehead atoms. The van der Waals surface area contributed by atoms with Crippen LogP contribution in [0.3, 0.4) is 0 Å². The van der Waals surface area contributed by atoms with Gasteiger partial charge >= 0.3 is 11.9 Å². The average molecular weight is 240 g/mol. The first-order valence-electron chi connectivity index (χ1n) is 5.63. The summed E-state index contributed by atoms with van der Waals surface area (Å²) in [5.74, 6) is -0.434. The number of carbonyl (C=O) groups excluding carboxylic acids is 2. The summed E-state index contributed by atoms with van der Waals surface area (Å²) in [5, 5.41) is 0. The number of esters is 2. The number of hydrogen-bond donors (Lipinski definition) is 0. The van der Waals surface area contributed by atoms with Gasteiger partial charge in [0.15, 0.2) is 0 Å². The third-order valence-corrected chi connectivity index (χ3v) is 2.08. The van der Waals surface area contributed by atoms with E-state index in [-0.39, 0.29) is 31.1 Å². The highest BCUT2D eigenvalue weighted by molar-refractivity contribution is 5.71. The monoisotopic (exact) mass is 240 g/mol. The molecule has 0 fully saturated rings. The Labute approximate surface area is 102 Å². The molecule has 0 aliphatic heterocycles. The molecule has 0 saturated carbocycles. The summed E-state index contributed by atoms with van der Waals surface area (Å²) < 4.78 is 9.67. The van der Waals surface area contributed by atoms with Crippen LogP contribution in [0.5, 0.6) is 0 Å². The molecule has 0 saturated heterocycles. The summed E-state index contributed by atoms with van der Waals surface area (Å²) in [6.45, 7) is 9.26. The van der Waals surface area contributed by atoms with Crippen LogP contribution in [0.25, 0.3) is 0 Å². The highest BCUT2D eigenvalue weighted by Crippen LogP contribution is 2.11. The van der Waals surface area contributed by atoms with Crippen molar-refractivity contribution in [3.05, 3.63) is 25.3 Å². The zero-order valence-electron chi connectivity index (χ0n) is 10.3. The van der Waals surface area contributed by atoms with Crippen molar-refractivity contribution in [2.75, 3.05) is 13.2 Å². The summed E-state index contributed by atoms with van der Waals surface area (Å²) >= 11 is 0. The molecule has 4 nitrogen and oxygen atoms in total. The largest absolute Gasteiger partial charge is 0.461 e. The highest BCUT2D eigenvalue weighted by Gasteiger charge is 2.12. The van der Waals surface area contributed by atoms with Gasteiger partial charge in [-0.05, 0) is 12.3 Å². The maximum absolute atomic E-state index is 11.2. The first-order valence-corrected chi connectivity index (χ1v) is 5.63. The first kappa shape index (κ1) is 15.4. The quantitative estimate of drug-likeness (QED) is 0.458. The van der Waals surface area contributed by atoms with Gasteiger partial charge in [0.2, 0.25) is 0 Å². The Kier molecular flexibility index (Phi) is 8.74. The zero-order chi connectivity index (χ0) is 13.1. The van der Waals surface area contributed by atoms with E-state index in [1.165, 1.54) is 12.2 Å². The van der Waals surface area contributed by atoms with E-state index < -0.39 is 0 Å². The molecule has 96 valence electrons. The Morgan fingerprint density at radius 1 is 1.12 bits per heavy atom. The number of carbonyl (C=O) groups is 2. The van der Waals surface area contributed by atoms with Gasteiger partial charge in [-0.25, -0.2) is 0 Å². The molecule has 1 atom stereocenters. The van der Waals surface area contributed by atoms with Crippen molar-refractivity contribution < 1.29 is 19.1 Å². The lowest BCUT2D eigenvalue weighted by molar-refractivity contribution is -0.145. The van der Waals surface area contributed by atoms with Gasteiger partial charge in [0, 0.05) is 12.8 Å². The fourth-order valence-electron chi connectivity index (χ4n) is 1.19. The molecule has 0 aromatic rings. The van der Waals surface area contributed by atoms with Crippen molar-refractivity contribution in [2.45, 2.75) is 26.2 Å². The number of hydrogen-bond acceptors (Lipinski definition) is 4. The molecular weight excluding hydrogens is 220 g/mol. The highest BCUT2D eigenvalue weighted by atomic mass is 16.5. The molecule has 0 radical (unpaired) electrons. The van der Waals surface area contributed by atoms with Crippen molar-refractivity contribution in [3.8, 4) is 0 Å². The van der Waals surface area contributed by atoms with Crippen LogP contribution in [0.1, 0.15) is 26.2 Å². The van der Waals surface area contributed by atoms with Crippen LogP contribution in [0.4, 0.5) is 0 Å². The average Bonchev–Trinajstić information content (AvgIpc) is 2.31. The summed E-state index contributed by atoms with van der Waals surface area (Å²) in [7, 11) is 0. The lowest BCUT2D eigenvalue weighted by Crippen LogP contribution is -2.12. The normalized spacial score (nSPS) is 11.4. The van der Waals surface area contributed by atoms with Gasteiger partial charge in [0.05, 0.1) is 0 Å². The van der Waals surface area contributed by atoms with Crippen LogP contribution < -0.4 is 0 Å². The fraction of sp³-hybridized carbons (Fsp3) is 0.538. The van der Waals surface area contributed by atoms with Crippen molar-refractivity contribution in [1.82, 2.24) is 0 Å². The molecule has 0 aliphatic carbocycles. The molecule has 17 heavy (non-hydrogen) atoms. The van der Waals surface area contributed by atoms with Crippen molar-refractivity contribution in [2.24, 2.45) is 5.92 Å². The molecule has 0 aliphatic rings. The zero-order valence-corrected chi connectivity index (χ0v) is 10.3. The minimum absolute atomic E-state index is 0.101. The molecular formula is C13H20O4. The predicted molar refractivity (Wildman–Crippen MR) is 65.3 cm³/mol. The Morgan fingerprint density at radius 2 is 1.65 bits per heavy atom. The van der Waals surface area contributed by atoms with Gasteiger partial charge in [-0.3, -0.25) is 9.59 Å². The van der Waals surface area contributed by atoms with Gasteiger partial charge in [-0.15, -0.1) is 0 Å². The van der Waals surface area contributed by atoms with E-state index in [9.17, 15) is 9.59 Å². The van der Waals surface area contributed by atoms with E-state index in [1.54, 1.807) is 0 Å². The van der Waals surface area contributed by atoms with Crippen molar-refractivity contribution in [1.29, 1.82) is 0 Å². The molecule has 0 N–H and O–H groups in total. The second-order valence-corrected chi connectivity index (χ2v) is 3.79. The minimum atomic E-state index is -0.267. The molecule has 0 rings (SSSR count). The molecule has 4 heteroatoms. The standard InChI is InChI=1S/C13H20O4/c1-4-8-16-12(14)7-6-11(3)10-13(15)17-9-5-2/h4-5,11H,1-2,6-10H2,3H3/t11-/m1/s1. The van der Waals surface area contributed by atoms with Crippen LogP contribution in [-0.4, -0.2) is 25.2 Å². The van der Waals surface area contributed by atoms with Crippen molar-refractivity contribution in [3.63, 3.8) is 0 Å². The van der Waals surface area contributed by atoms with Crippen LogP contribution in [0.2, 0.25) is 0 Å². The first-order chi connectivity index (χ1) is 8.10. The van der Waals surface area contributed by atoms with E-state index in [0.29, 0.717) is 19.3 Å². The Bertz CT molecular complexity index is 271. The Hall–Kier alpha value is -1.58. The Balaban J connectivity index is 3.67. The lowest BCUT2D eigenvalue weighted by Gasteiger charge is -2.09. The summed E-state index contributed by atoms with van der Waals surface area (Å²) in [5.41, 5.74) is 0. The lowest BCUT2D eigenvalue weighted by atomic mass is 10.0. The van der Waals surface area contributed by atoms with Gasteiger partial charge in [0.1, 0.15) is 13.2 Å².